The number of benzene rings is 2. The van der Waals surface area contributed by atoms with Crippen LogP contribution in [0.5, 0.6) is 5.75 Å². The molecule has 0 aromatic heterocycles. The largest absolute Gasteiger partial charge is 0.491 e. The number of para-hydroxylation sites is 1. The van der Waals surface area contributed by atoms with E-state index in [1.807, 2.05) is 30.3 Å². The van der Waals surface area contributed by atoms with Crippen LogP contribution in [-0.4, -0.2) is 25.9 Å². The third-order valence-corrected chi connectivity index (χ3v) is 5.26. The lowest BCUT2D eigenvalue weighted by Gasteiger charge is -2.26. The third-order valence-electron chi connectivity index (χ3n) is 5.26. The van der Waals surface area contributed by atoms with Crippen LogP contribution in [0.4, 0.5) is 0 Å². The molecule has 0 bridgehead atoms. The van der Waals surface area contributed by atoms with Gasteiger partial charge in [-0.25, -0.2) is 0 Å². The Hall–Kier alpha value is -1.84. The summed E-state index contributed by atoms with van der Waals surface area (Å²) < 4.78 is 11.8. The van der Waals surface area contributed by atoms with E-state index < -0.39 is 0 Å². The van der Waals surface area contributed by atoms with Gasteiger partial charge in [0.25, 0.3) is 0 Å². The van der Waals surface area contributed by atoms with Crippen LogP contribution < -0.4 is 10.5 Å². The summed E-state index contributed by atoms with van der Waals surface area (Å²) in [5.74, 6) is 1.40. The Morgan fingerprint density at radius 1 is 1.08 bits per heavy atom. The molecule has 0 aliphatic heterocycles. The zero-order chi connectivity index (χ0) is 18.2. The minimum absolute atomic E-state index is 0.300. The van der Waals surface area contributed by atoms with Gasteiger partial charge in [0.15, 0.2) is 0 Å². The molecule has 2 aromatic rings. The maximum atomic E-state index is 6.05. The second kappa shape index (κ2) is 9.75. The van der Waals surface area contributed by atoms with Crippen molar-refractivity contribution in [3.05, 3.63) is 65.2 Å². The summed E-state index contributed by atoms with van der Waals surface area (Å²) in [5, 5.41) is 0. The predicted octanol–water partition coefficient (Wildman–Crippen LogP) is 4.48. The van der Waals surface area contributed by atoms with E-state index in [1.54, 1.807) is 0 Å². The molecule has 3 rings (SSSR count). The monoisotopic (exact) mass is 353 g/mol. The molecule has 2 aromatic carbocycles. The first kappa shape index (κ1) is 18.9. The summed E-state index contributed by atoms with van der Waals surface area (Å²) in [6.07, 6.45) is 5.83. The molecule has 0 fully saturated rings. The second-order valence-electron chi connectivity index (χ2n) is 7.15. The summed E-state index contributed by atoms with van der Waals surface area (Å²) in [5.41, 5.74) is 10.3. The normalized spacial score (nSPS) is 17.5. The molecule has 0 spiro atoms. The van der Waals surface area contributed by atoms with Gasteiger partial charge in [-0.3, -0.25) is 0 Å². The van der Waals surface area contributed by atoms with Crippen molar-refractivity contribution in [1.82, 2.24) is 0 Å². The van der Waals surface area contributed by atoms with Gasteiger partial charge in [-0.1, -0.05) is 49.7 Å². The van der Waals surface area contributed by atoms with Gasteiger partial charge in [-0.15, -0.1) is 0 Å². The highest BCUT2D eigenvalue weighted by Gasteiger charge is 2.20. The number of hydrogen-bond acceptors (Lipinski definition) is 3. The molecule has 2 N–H and O–H groups in total. The Bertz CT molecular complexity index is 671. The molecular weight excluding hydrogens is 322 g/mol. The van der Waals surface area contributed by atoms with Crippen molar-refractivity contribution in [3.63, 3.8) is 0 Å². The fourth-order valence-electron chi connectivity index (χ4n) is 3.80. The zero-order valence-electron chi connectivity index (χ0n) is 15.8. The van der Waals surface area contributed by atoms with E-state index in [1.165, 1.54) is 29.5 Å². The standard InChI is InChI=1S/C23H31NO2/c1-2-6-21(17-24)19-9-10-20-16-23(12-11-18(20)15-19)26-14-13-25-22-7-4-3-5-8-22/h3-5,7-10,15,21,23H,2,6,11-14,16-17,24H2,1H3. The smallest absolute Gasteiger partial charge is 0.119 e. The molecule has 2 atom stereocenters. The number of rotatable bonds is 9. The summed E-state index contributed by atoms with van der Waals surface area (Å²) in [6.45, 7) is 4.20. The highest BCUT2D eigenvalue weighted by atomic mass is 16.5. The average molecular weight is 354 g/mol. The van der Waals surface area contributed by atoms with Crippen molar-refractivity contribution >= 4 is 0 Å². The SMILES string of the molecule is CCCC(CN)c1ccc2c(c1)CCC(OCCOc1ccccc1)C2. The first-order valence-corrected chi connectivity index (χ1v) is 9.91. The van der Waals surface area contributed by atoms with Crippen LogP contribution in [0.15, 0.2) is 48.5 Å². The van der Waals surface area contributed by atoms with Gasteiger partial charge in [0.2, 0.25) is 0 Å². The summed E-state index contributed by atoms with van der Waals surface area (Å²) in [7, 11) is 0. The van der Waals surface area contributed by atoms with Crippen molar-refractivity contribution in [1.29, 1.82) is 0 Å². The highest BCUT2D eigenvalue weighted by Crippen LogP contribution is 2.28. The lowest BCUT2D eigenvalue weighted by molar-refractivity contribution is 0.0262. The van der Waals surface area contributed by atoms with E-state index in [0.29, 0.717) is 25.2 Å². The molecule has 26 heavy (non-hydrogen) atoms. The summed E-state index contributed by atoms with van der Waals surface area (Å²) in [6, 6.07) is 16.9. The maximum Gasteiger partial charge on any atom is 0.119 e. The lowest BCUT2D eigenvalue weighted by Crippen LogP contribution is -2.25. The fraction of sp³-hybridized carbons (Fsp3) is 0.478. The van der Waals surface area contributed by atoms with E-state index >= 15 is 0 Å². The van der Waals surface area contributed by atoms with Gasteiger partial charge in [0.1, 0.15) is 12.4 Å². The molecule has 3 nitrogen and oxygen atoms in total. The lowest BCUT2D eigenvalue weighted by atomic mass is 9.85. The average Bonchev–Trinajstić information content (AvgIpc) is 2.70. The molecular formula is C23H31NO2. The van der Waals surface area contributed by atoms with Crippen molar-refractivity contribution < 1.29 is 9.47 Å². The number of aryl methyl sites for hydroxylation is 1. The molecule has 0 heterocycles. The second-order valence-corrected chi connectivity index (χ2v) is 7.15. The van der Waals surface area contributed by atoms with Crippen LogP contribution in [0.25, 0.3) is 0 Å². The first-order chi connectivity index (χ1) is 12.8. The Labute approximate surface area is 157 Å². The topological polar surface area (TPSA) is 44.5 Å². The van der Waals surface area contributed by atoms with Crippen LogP contribution >= 0.6 is 0 Å². The molecule has 1 aliphatic carbocycles. The van der Waals surface area contributed by atoms with E-state index in [-0.39, 0.29) is 0 Å². The molecule has 2 unspecified atom stereocenters. The minimum Gasteiger partial charge on any atom is -0.491 e. The molecule has 0 radical (unpaired) electrons. The van der Waals surface area contributed by atoms with Gasteiger partial charge >= 0.3 is 0 Å². The number of hydrogen-bond donors (Lipinski definition) is 1. The van der Waals surface area contributed by atoms with Crippen LogP contribution in [0.2, 0.25) is 0 Å². The number of ether oxygens (including phenoxy) is 2. The Morgan fingerprint density at radius 2 is 1.92 bits per heavy atom. The van der Waals surface area contributed by atoms with Gasteiger partial charge < -0.3 is 15.2 Å². The van der Waals surface area contributed by atoms with E-state index in [4.69, 9.17) is 15.2 Å². The molecule has 0 saturated carbocycles. The summed E-state index contributed by atoms with van der Waals surface area (Å²) >= 11 is 0. The predicted molar refractivity (Wildman–Crippen MR) is 107 cm³/mol. The van der Waals surface area contributed by atoms with Crippen molar-refractivity contribution in [2.45, 2.75) is 51.0 Å². The van der Waals surface area contributed by atoms with Crippen LogP contribution in [0.3, 0.4) is 0 Å². The molecule has 140 valence electrons. The molecule has 1 aliphatic rings. The molecule has 0 saturated heterocycles. The maximum absolute atomic E-state index is 6.05. The van der Waals surface area contributed by atoms with Crippen LogP contribution in [0, 0.1) is 0 Å². The fourth-order valence-corrected chi connectivity index (χ4v) is 3.80. The quantitative estimate of drug-likeness (QED) is 0.676. The first-order valence-electron chi connectivity index (χ1n) is 9.91. The molecule has 3 heteroatoms. The Kier molecular flexibility index (Phi) is 7.10. The Balaban J connectivity index is 1.48. The third kappa shape index (κ3) is 5.09. The van der Waals surface area contributed by atoms with E-state index in [0.717, 1.165) is 31.6 Å². The number of fused-ring (bicyclic) bond motifs is 1. The minimum atomic E-state index is 0.300. The van der Waals surface area contributed by atoms with Crippen molar-refractivity contribution in [2.75, 3.05) is 19.8 Å². The van der Waals surface area contributed by atoms with Gasteiger partial charge in [-0.05, 0) is 67.0 Å². The van der Waals surface area contributed by atoms with E-state index in [9.17, 15) is 0 Å². The number of nitrogens with two attached hydrogens (primary N) is 1. The summed E-state index contributed by atoms with van der Waals surface area (Å²) in [4.78, 5) is 0. The Morgan fingerprint density at radius 3 is 2.69 bits per heavy atom. The van der Waals surface area contributed by atoms with Gasteiger partial charge in [0.05, 0.1) is 12.7 Å². The van der Waals surface area contributed by atoms with Gasteiger partial charge in [-0.2, -0.15) is 0 Å². The van der Waals surface area contributed by atoms with Crippen molar-refractivity contribution in [2.24, 2.45) is 5.73 Å². The zero-order valence-corrected chi connectivity index (χ0v) is 15.8. The van der Waals surface area contributed by atoms with Crippen LogP contribution in [-0.2, 0) is 17.6 Å². The van der Waals surface area contributed by atoms with Crippen molar-refractivity contribution in [3.8, 4) is 5.75 Å². The van der Waals surface area contributed by atoms with Gasteiger partial charge in [0, 0.05) is 0 Å². The molecule has 0 amide bonds. The highest BCUT2D eigenvalue weighted by molar-refractivity contribution is 5.36. The van der Waals surface area contributed by atoms with E-state index in [2.05, 4.69) is 25.1 Å². The van der Waals surface area contributed by atoms with Crippen LogP contribution in [0.1, 0.15) is 48.8 Å².